The number of hydrogen-bond acceptors (Lipinski definition) is 5. The molecular formula is C23H25F3N4O. The quantitative estimate of drug-likeness (QED) is 0.394. The molecule has 164 valence electrons. The maximum Gasteiger partial charge on any atom is 0.421 e. The van der Waals surface area contributed by atoms with E-state index >= 15 is 0 Å². The van der Waals surface area contributed by atoms with Crippen LogP contribution < -0.4 is 15.4 Å². The topological polar surface area (TPSA) is 59.1 Å². The Morgan fingerprint density at radius 3 is 2.42 bits per heavy atom. The van der Waals surface area contributed by atoms with Crippen molar-refractivity contribution in [1.29, 1.82) is 0 Å². The predicted octanol–water partition coefficient (Wildman–Crippen LogP) is 6.72. The van der Waals surface area contributed by atoms with Crippen molar-refractivity contribution >= 4 is 23.1 Å². The minimum atomic E-state index is -4.60. The first-order valence-electron chi connectivity index (χ1n) is 10.2. The fourth-order valence-corrected chi connectivity index (χ4v) is 2.98. The first kappa shape index (κ1) is 22.4. The van der Waals surface area contributed by atoms with Gasteiger partial charge in [0.2, 0.25) is 5.95 Å². The number of aromatic nitrogens is 2. The molecule has 1 heterocycles. The molecule has 0 unspecified atom stereocenters. The molecular weight excluding hydrogens is 405 g/mol. The summed E-state index contributed by atoms with van der Waals surface area (Å²) in [5.74, 6) is 0.285. The molecule has 2 N–H and O–H groups in total. The zero-order valence-electron chi connectivity index (χ0n) is 17.5. The highest BCUT2D eigenvalue weighted by atomic mass is 19.4. The number of unbranched alkanes of at least 4 members (excludes halogenated alkanes) is 1. The Morgan fingerprint density at radius 2 is 1.74 bits per heavy atom. The Bertz CT molecular complexity index is 991. The number of nitrogens with one attached hydrogen (secondary N) is 2. The minimum absolute atomic E-state index is 0.0674. The molecule has 0 aliphatic heterocycles. The van der Waals surface area contributed by atoms with Crippen molar-refractivity contribution in [1.82, 2.24) is 9.97 Å². The Hall–Kier alpha value is -3.29. The summed E-state index contributed by atoms with van der Waals surface area (Å²) in [7, 11) is 0. The van der Waals surface area contributed by atoms with Crippen molar-refractivity contribution < 1.29 is 17.9 Å². The predicted molar refractivity (Wildman–Crippen MR) is 116 cm³/mol. The Morgan fingerprint density at radius 1 is 0.968 bits per heavy atom. The van der Waals surface area contributed by atoms with Gasteiger partial charge in [-0.05, 0) is 49.6 Å². The number of rotatable bonds is 9. The monoisotopic (exact) mass is 430 g/mol. The highest BCUT2D eigenvalue weighted by Crippen LogP contribution is 2.35. The molecule has 0 spiro atoms. The number of hydrogen-bond donors (Lipinski definition) is 2. The van der Waals surface area contributed by atoms with Crippen LogP contribution in [0.2, 0.25) is 0 Å². The number of anilines is 4. The number of benzene rings is 2. The average molecular weight is 430 g/mol. The van der Waals surface area contributed by atoms with Crippen LogP contribution in [0.1, 0.15) is 37.8 Å². The summed E-state index contributed by atoms with van der Waals surface area (Å²) < 4.78 is 45.9. The average Bonchev–Trinajstić information content (AvgIpc) is 2.73. The lowest BCUT2D eigenvalue weighted by molar-refractivity contribution is -0.137. The lowest BCUT2D eigenvalue weighted by Gasteiger charge is -2.15. The zero-order chi connectivity index (χ0) is 22.3. The molecule has 3 aromatic rings. The molecule has 0 aliphatic carbocycles. The minimum Gasteiger partial charge on any atom is -0.494 e. The van der Waals surface area contributed by atoms with Crippen LogP contribution in [0, 0.1) is 0 Å². The van der Waals surface area contributed by atoms with Gasteiger partial charge >= 0.3 is 6.18 Å². The number of halogens is 3. The van der Waals surface area contributed by atoms with Crippen LogP contribution in [0.4, 0.5) is 36.3 Å². The van der Waals surface area contributed by atoms with Crippen molar-refractivity contribution in [3.8, 4) is 5.75 Å². The van der Waals surface area contributed by atoms with Gasteiger partial charge in [-0.3, -0.25) is 0 Å². The van der Waals surface area contributed by atoms with E-state index < -0.39 is 11.7 Å². The Balaban J connectivity index is 1.84. The first-order valence-corrected chi connectivity index (χ1v) is 10.2. The largest absolute Gasteiger partial charge is 0.494 e. The summed E-state index contributed by atoms with van der Waals surface area (Å²) in [5.41, 5.74) is 1.39. The molecule has 0 atom stereocenters. The maximum absolute atomic E-state index is 13.5. The van der Waals surface area contributed by atoms with Crippen molar-refractivity contribution in [2.24, 2.45) is 0 Å². The van der Waals surface area contributed by atoms with Crippen LogP contribution in [-0.4, -0.2) is 16.6 Å². The molecule has 0 saturated carbocycles. The highest BCUT2D eigenvalue weighted by Gasteiger charge is 2.35. The number of ether oxygens (including phenoxy) is 1. The van der Waals surface area contributed by atoms with Crippen LogP contribution in [0.25, 0.3) is 0 Å². The fourth-order valence-electron chi connectivity index (χ4n) is 2.98. The van der Waals surface area contributed by atoms with Crippen LogP contribution in [0.15, 0.2) is 54.7 Å². The first-order chi connectivity index (χ1) is 14.9. The van der Waals surface area contributed by atoms with Gasteiger partial charge in [-0.2, -0.15) is 18.2 Å². The summed E-state index contributed by atoms with van der Waals surface area (Å²) in [6.45, 7) is 4.42. The van der Waals surface area contributed by atoms with E-state index in [4.69, 9.17) is 4.74 Å². The van der Waals surface area contributed by atoms with Gasteiger partial charge in [-0.1, -0.05) is 31.5 Å². The molecule has 0 radical (unpaired) electrons. The Kier molecular flexibility index (Phi) is 7.33. The maximum atomic E-state index is 13.5. The summed E-state index contributed by atoms with van der Waals surface area (Å²) in [6, 6.07) is 14.4. The van der Waals surface area contributed by atoms with Crippen molar-refractivity contribution in [2.45, 2.75) is 39.3 Å². The van der Waals surface area contributed by atoms with Crippen LogP contribution in [0.3, 0.4) is 0 Å². The summed E-state index contributed by atoms with van der Waals surface area (Å²) in [5, 5.41) is 5.71. The van der Waals surface area contributed by atoms with Gasteiger partial charge < -0.3 is 15.4 Å². The third-order valence-electron chi connectivity index (χ3n) is 4.53. The third-order valence-corrected chi connectivity index (χ3v) is 4.53. The third kappa shape index (κ3) is 6.34. The fraction of sp³-hybridized carbons (Fsp3) is 0.304. The SMILES string of the molecule is CCCCc1ccc(Nc2ncc(C(F)(F)F)c(Nc3cccc(OCC)c3)n2)cc1. The lowest BCUT2D eigenvalue weighted by Crippen LogP contribution is -2.12. The zero-order valence-corrected chi connectivity index (χ0v) is 17.5. The second-order valence-electron chi connectivity index (χ2n) is 6.96. The normalized spacial score (nSPS) is 11.3. The van der Waals surface area contributed by atoms with E-state index in [1.807, 2.05) is 31.2 Å². The Labute approximate surface area is 179 Å². The van der Waals surface area contributed by atoms with Gasteiger partial charge in [0.1, 0.15) is 17.1 Å². The molecule has 3 rings (SSSR count). The highest BCUT2D eigenvalue weighted by molar-refractivity contribution is 5.64. The molecule has 1 aromatic heterocycles. The van der Waals surface area contributed by atoms with Gasteiger partial charge in [-0.25, -0.2) is 4.98 Å². The van der Waals surface area contributed by atoms with Gasteiger partial charge in [0.05, 0.1) is 6.61 Å². The molecule has 2 aromatic carbocycles. The molecule has 0 fully saturated rings. The van der Waals surface area contributed by atoms with Gasteiger partial charge in [0.15, 0.2) is 0 Å². The van der Waals surface area contributed by atoms with E-state index in [2.05, 4.69) is 27.5 Å². The number of nitrogens with zero attached hydrogens (tertiary/aromatic N) is 2. The standard InChI is InChI=1S/C23H25F3N4O/c1-3-5-7-16-10-12-17(13-11-16)29-22-27-15-20(23(24,25)26)21(30-22)28-18-8-6-9-19(14-18)31-4-2/h6,8-15H,3-5,7H2,1-2H3,(H2,27,28,29,30). The smallest absolute Gasteiger partial charge is 0.421 e. The van der Waals surface area contributed by atoms with Crippen LogP contribution in [0.5, 0.6) is 5.75 Å². The van der Waals surface area contributed by atoms with E-state index in [0.717, 1.165) is 25.5 Å². The van der Waals surface area contributed by atoms with Crippen molar-refractivity contribution in [2.75, 3.05) is 17.2 Å². The van der Waals surface area contributed by atoms with Crippen LogP contribution in [-0.2, 0) is 12.6 Å². The second-order valence-corrected chi connectivity index (χ2v) is 6.96. The number of alkyl halides is 3. The van der Waals surface area contributed by atoms with E-state index in [-0.39, 0.29) is 11.8 Å². The molecule has 0 saturated heterocycles. The molecule has 31 heavy (non-hydrogen) atoms. The lowest BCUT2D eigenvalue weighted by atomic mass is 10.1. The van der Waals surface area contributed by atoms with Crippen molar-refractivity contribution in [3.63, 3.8) is 0 Å². The molecule has 0 amide bonds. The summed E-state index contributed by atoms with van der Waals surface area (Å²) in [6.07, 6.45) is -0.613. The second kappa shape index (κ2) is 10.1. The number of aryl methyl sites for hydroxylation is 1. The van der Waals surface area contributed by atoms with Gasteiger partial charge in [0.25, 0.3) is 0 Å². The molecule has 0 aliphatic rings. The molecule has 0 bridgehead atoms. The van der Waals surface area contributed by atoms with Gasteiger partial charge in [-0.15, -0.1) is 0 Å². The summed E-state index contributed by atoms with van der Waals surface area (Å²) in [4.78, 5) is 7.94. The van der Waals surface area contributed by atoms with Crippen molar-refractivity contribution in [3.05, 3.63) is 65.9 Å². The van der Waals surface area contributed by atoms with E-state index in [1.54, 1.807) is 24.3 Å². The van der Waals surface area contributed by atoms with Crippen LogP contribution >= 0.6 is 0 Å². The molecule has 8 heteroatoms. The van der Waals surface area contributed by atoms with E-state index in [1.165, 1.54) is 5.56 Å². The van der Waals surface area contributed by atoms with E-state index in [9.17, 15) is 13.2 Å². The molecule has 5 nitrogen and oxygen atoms in total. The van der Waals surface area contributed by atoms with E-state index in [0.29, 0.717) is 23.7 Å². The summed E-state index contributed by atoms with van der Waals surface area (Å²) >= 11 is 0. The van der Waals surface area contributed by atoms with Gasteiger partial charge in [0, 0.05) is 23.6 Å².